The molecule has 0 aliphatic rings. The Bertz CT molecular complexity index is 496. The molecule has 2 aromatic rings. The Morgan fingerprint density at radius 1 is 1.35 bits per heavy atom. The fourth-order valence-electron chi connectivity index (χ4n) is 1.34. The van der Waals surface area contributed by atoms with Gasteiger partial charge in [-0.3, -0.25) is 4.98 Å². The Hall–Kier alpha value is -1.95. The Morgan fingerprint density at radius 3 is 2.88 bits per heavy atom. The molecule has 17 heavy (non-hydrogen) atoms. The van der Waals surface area contributed by atoms with Crippen LogP contribution in [0, 0.1) is 0 Å². The largest absolute Gasteiger partial charge is 0.506 e. The van der Waals surface area contributed by atoms with Gasteiger partial charge in [0.1, 0.15) is 5.75 Å². The number of rotatable bonds is 4. The molecule has 0 saturated carbocycles. The fraction of sp³-hybridized carbons (Fsp3) is 0.364. The van der Waals surface area contributed by atoms with Crippen molar-refractivity contribution in [3.63, 3.8) is 0 Å². The molecule has 2 aromatic heterocycles. The Kier molecular flexibility index (Phi) is 3.34. The lowest BCUT2D eigenvalue weighted by atomic mass is 10.3. The van der Waals surface area contributed by atoms with Crippen LogP contribution in [0.5, 0.6) is 5.75 Å². The molecule has 2 rings (SSSR count). The topological polar surface area (TPSA) is 75.3 Å². The number of aromatic nitrogens is 3. The number of nitrogens with zero attached hydrogens (tertiary/aromatic N) is 4. The maximum Gasteiger partial charge on any atom is 0.259 e. The minimum Gasteiger partial charge on any atom is -0.506 e. The molecule has 1 N–H and O–H groups in total. The van der Waals surface area contributed by atoms with E-state index in [1.807, 2.05) is 19.0 Å². The Balaban J connectivity index is 2.12. The van der Waals surface area contributed by atoms with Gasteiger partial charge < -0.3 is 14.5 Å². The Morgan fingerprint density at radius 2 is 2.18 bits per heavy atom. The lowest BCUT2D eigenvalue weighted by Crippen LogP contribution is -2.15. The number of likely N-dealkylation sites (N-methyl/N-ethyl adjacent to an activating group) is 1. The molecule has 6 heteroatoms. The average molecular weight is 234 g/mol. The standard InChI is InChI=1S/C11H14N4O2/c1-15(2)4-3-10-13-11(17-14-10)8-5-9(16)7-12-6-8/h5-7,16H,3-4H2,1-2H3. The summed E-state index contributed by atoms with van der Waals surface area (Å²) in [5.41, 5.74) is 0.619. The summed E-state index contributed by atoms with van der Waals surface area (Å²) < 4.78 is 5.11. The van der Waals surface area contributed by atoms with Gasteiger partial charge in [-0.15, -0.1) is 0 Å². The summed E-state index contributed by atoms with van der Waals surface area (Å²) in [7, 11) is 3.97. The zero-order chi connectivity index (χ0) is 12.3. The van der Waals surface area contributed by atoms with E-state index in [1.54, 1.807) is 6.20 Å². The fourth-order valence-corrected chi connectivity index (χ4v) is 1.34. The second-order valence-corrected chi connectivity index (χ2v) is 4.00. The van der Waals surface area contributed by atoms with Crippen molar-refractivity contribution in [3.8, 4) is 17.2 Å². The van der Waals surface area contributed by atoms with Crippen molar-refractivity contribution >= 4 is 0 Å². The summed E-state index contributed by atoms with van der Waals surface area (Å²) >= 11 is 0. The van der Waals surface area contributed by atoms with Crippen LogP contribution in [0.4, 0.5) is 0 Å². The van der Waals surface area contributed by atoms with Gasteiger partial charge >= 0.3 is 0 Å². The summed E-state index contributed by atoms with van der Waals surface area (Å²) in [6.07, 6.45) is 3.65. The molecule has 0 spiro atoms. The molecule has 0 saturated heterocycles. The van der Waals surface area contributed by atoms with E-state index < -0.39 is 0 Å². The molecule has 0 aliphatic heterocycles. The first kappa shape index (κ1) is 11.5. The number of pyridine rings is 1. The van der Waals surface area contributed by atoms with E-state index in [4.69, 9.17) is 4.52 Å². The van der Waals surface area contributed by atoms with E-state index in [0.29, 0.717) is 17.3 Å². The van der Waals surface area contributed by atoms with Crippen LogP contribution in [-0.2, 0) is 6.42 Å². The van der Waals surface area contributed by atoms with Crippen LogP contribution >= 0.6 is 0 Å². The monoisotopic (exact) mass is 234 g/mol. The second kappa shape index (κ2) is 4.92. The van der Waals surface area contributed by atoms with Gasteiger partial charge in [0.15, 0.2) is 5.82 Å². The second-order valence-electron chi connectivity index (χ2n) is 4.00. The van der Waals surface area contributed by atoms with E-state index in [2.05, 4.69) is 15.1 Å². The first-order valence-electron chi connectivity index (χ1n) is 5.27. The van der Waals surface area contributed by atoms with E-state index in [-0.39, 0.29) is 5.75 Å². The van der Waals surface area contributed by atoms with Crippen LogP contribution in [0.25, 0.3) is 11.5 Å². The highest BCUT2D eigenvalue weighted by Crippen LogP contribution is 2.19. The first-order valence-corrected chi connectivity index (χ1v) is 5.27. The first-order chi connectivity index (χ1) is 8.15. The third-order valence-corrected chi connectivity index (χ3v) is 2.22. The molecule has 0 aliphatic carbocycles. The average Bonchev–Trinajstić information content (AvgIpc) is 2.75. The van der Waals surface area contributed by atoms with Crippen molar-refractivity contribution in [2.45, 2.75) is 6.42 Å². The van der Waals surface area contributed by atoms with Gasteiger partial charge in [-0.25, -0.2) is 0 Å². The minimum absolute atomic E-state index is 0.0792. The highest BCUT2D eigenvalue weighted by molar-refractivity contribution is 5.53. The maximum atomic E-state index is 9.30. The molecule has 0 fully saturated rings. The summed E-state index contributed by atoms with van der Waals surface area (Å²) in [4.78, 5) is 10.1. The third kappa shape index (κ3) is 3.01. The molecule has 0 unspecified atom stereocenters. The van der Waals surface area contributed by atoms with Gasteiger partial charge in [0.05, 0.1) is 11.8 Å². The van der Waals surface area contributed by atoms with E-state index in [9.17, 15) is 5.11 Å². The van der Waals surface area contributed by atoms with Crippen LogP contribution in [0.15, 0.2) is 23.0 Å². The van der Waals surface area contributed by atoms with Crippen molar-refractivity contribution in [1.82, 2.24) is 20.0 Å². The number of hydrogen-bond acceptors (Lipinski definition) is 6. The molecule has 0 amide bonds. The van der Waals surface area contributed by atoms with Crippen LogP contribution in [0.1, 0.15) is 5.82 Å². The van der Waals surface area contributed by atoms with Crippen molar-refractivity contribution in [1.29, 1.82) is 0 Å². The molecular formula is C11H14N4O2. The number of hydrogen-bond donors (Lipinski definition) is 1. The highest BCUT2D eigenvalue weighted by atomic mass is 16.5. The SMILES string of the molecule is CN(C)CCc1noc(-c2cncc(O)c2)n1. The lowest BCUT2D eigenvalue weighted by molar-refractivity contribution is 0.392. The summed E-state index contributed by atoms with van der Waals surface area (Å²) in [6, 6.07) is 1.54. The minimum atomic E-state index is 0.0792. The zero-order valence-electron chi connectivity index (χ0n) is 9.79. The Labute approximate surface area is 98.9 Å². The van der Waals surface area contributed by atoms with Gasteiger partial charge in [-0.05, 0) is 20.2 Å². The van der Waals surface area contributed by atoms with Gasteiger partial charge in [0.2, 0.25) is 0 Å². The predicted molar refractivity (Wildman–Crippen MR) is 61.5 cm³/mol. The molecule has 0 radical (unpaired) electrons. The van der Waals surface area contributed by atoms with Gasteiger partial charge in [0, 0.05) is 19.2 Å². The quantitative estimate of drug-likeness (QED) is 0.848. The van der Waals surface area contributed by atoms with Gasteiger partial charge in [-0.1, -0.05) is 5.16 Å². The predicted octanol–water partition coefficient (Wildman–Crippen LogP) is 0.941. The van der Waals surface area contributed by atoms with Crippen LogP contribution < -0.4 is 0 Å². The van der Waals surface area contributed by atoms with E-state index in [0.717, 1.165) is 13.0 Å². The van der Waals surface area contributed by atoms with Gasteiger partial charge in [0.25, 0.3) is 5.89 Å². The normalized spacial score (nSPS) is 11.0. The number of aromatic hydroxyl groups is 1. The van der Waals surface area contributed by atoms with E-state index in [1.165, 1.54) is 12.3 Å². The lowest BCUT2D eigenvalue weighted by Gasteiger charge is -2.05. The maximum absolute atomic E-state index is 9.30. The van der Waals surface area contributed by atoms with Crippen molar-refractivity contribution < 1.29 is 9.63 Å². The summed E-state index contributed by atoms with van der Waals surface area (Å²) in [5.74, 6) is 1.11. The molecule has 6 nitrogen and oxygen atoms in total. The molecule has 0 bridgehead atoms. The van der Waals surface area contributed by atoms with Crippen molar-refractivity contribution in [3.05, 3.63) is 24.3 Å². The van der Waals surface area contributed by atoms with Crippen LogP contribution in [0.3, 0.4) is 0 Å². The summed E-state index contributed by atoms with van der Waals surface area (Å²) in [6.45, 7) is 0.858. The van der Waals surface area contributed by atoms with Crippen molar-refractivity contribution in [2.75, 3.05) is 20.6 Å². The molecular weight excluding hydrogens is 220 g/mol. The molecule has 0 atom stereocenters. The smallest absolute Gasteiger partial charge is 0.259 e. The molecule has 0 aromatic carbocycles. The van der Waals surface area contributed by atoms with Crippen molar-refractivity contribution in [2.24, 2.45) is 0 Å². The van der Waals surface area contributed by atoms with E-state index >= 15 is 0 Å². The van der Waals surface area contributed by atoms with Crippen LogP contribution in [-0.4, -0.2) is 45.8 Å². The highest BCUT2D eigenvalue weighted by Gasteiger charge is 2.09. The third-order valence-electron chi connectivity index (χ3n) is 2.22. The van der Waals surface area contributed by atoms with Gasteiger partial charge in [-0.2, -0.15) is 4.98 Å². The molecule has 2 heterocycles. The summed E-state index contributed by atoms with van der Waals surface area (Å²) in [5, 5.41) is 13.2. The van der Waals surface area contributed by atoms with Crippen LogP contribution in [0.2, 0.25) is 0 Å². The molecule has 90 valence electrons. The zero-order valence-corrected chi connectivity index (χ0v) is 9.79.